The Morgan fingerprint density at radius 2 is 2.41 bits per heavy atom. The molecule has 1 atom stereocenters. The fraction of sp³-hybridized carbons (Fsp3) is 0.417. The van der Waals surface area contributed by atoms with Gasteiger partial charge in [0.05, 0.1) is 17.1 Å². The van der Waals surface area contributed by atoms with Crippen molar-refractivity contribution in [2.24, 2.45) is 0 Å². The number of ether oxygens (including phenoxy) is 1. The molecule has 0 amide bonds. The smallest absolute Gasteiger partial charge is 0.156 e. The topological polar surface area (TPSA) is 36.3 Å². The van der Waals surface area contributed by atoms with Crippen LogP contribution in [0.1, 0.15) is 5.56 Å². The van der Waals surface area contributed by atoms with Crippen LogP contribution in [-0.4, -0.2) is 30.7 Å². The molecule has 0 saturated carbocycles. The maximum absolute atomic E-state index is 13.1. The minimum absolute atomic E-state index is 0.259. The molecular formula is C12H12BrFN2O. The van der Waals surface area contributed by atoms with Crippen molar-refractivity contribution in [2.45, 2.75) is 12.6 Å². The zero-order valence-electron chi connectivity index (χ0n) is 9.20. The van der Waals surface area contributed by atoms with Crippen molar-refractivity contribution in [3.63, 3.8) is 0 Å². The molecule has 0 bridgehead atoms. The average molecular weight is 299 g/mol. The molecule has 0 aliphatic carbocycles. The lowest BCUT2D eigenvalue weighted by atomic mass is 10.2. The van der Waals surface area contributed by atoms with Gasteiger partial charge in [0.25, 0.3) is 0 Å². The number of rotatable bonds is 2. The molecule has 1 unspecified atom stereocenters. The molecule has 1 saturated heterocycles. The van der Waals surface area contributed by atoms with Crippen molar-refractivity contribution in [1.82, 2.24) is 4.90 Å². The second-order valence-corrected chi connectivity index (χ2v) is 4.83. The third-order valence-corrected chi connectivity index (χ3v) is 3.29. The number of morpholine rings is 1. The number of benzene rings is 1. The van der Waals surface area contributed by atoms with Crippen molar-refractivity contribution in [3.8, 4) is 6.07 Å². The maximum Gasteiger partial charge on any atom is 0.156 e. The summed E-state index contributed by atoms with van der Waals surface area (Å²) in [5.74, 6) is -0.259. The van der Waals surface area contributed by atoms with Gasteiger partial charge in [-0.05, 0) is 33.6 Å². The second-order valence-electron chi connectivity index (χ2n) is 3.97. The van der Waals surface area contributed by atoms with E-state index in [2.05, 4.69) is 26.9 Å². The average Bonchev–Trinajstić information content (AvgIpc) is 2.34. The van der Waals surface area contributed by atoms with E-state index >= 15 is 0 Å². The molecule has 1 heterocycles. The Kier molecular flexibility index (Phi) is 4.11. The predicted molar refractivity (Wildman–Crippen MR) is 64.7 cm³/mol. The highest BCUT2D eigenvalue weighted by Gasteiger charge is 2.19. The van der Waals surface area contributed by atoms with E-state index < -0.39 is 0 Å². The van der Waals surface area contributed by atoms with Gasteiger partial charge in [-0.3, -0.25) is 4.90 Å². The van der Waals surface area contributed by atoms with E-state index in [1.54, 1.807) is 12.1 Å². The van der Waals surface area contributed by atoms with Gasteiger partial charge in [-0.2, -0.15) is 5.26 Å². The summed E-state index contributed by atoms with van der Waals surface area (Å²) in [6.07, 6.45) is -0.354. The Bertz CT molecular complexity index is 447. The molecule has 1 aromatic rings. The number of hydrogen-bond acceptors (Lipinski definition) is 3. The van der Waals surface area contributed by atoms with Crippen molar-refractivity contribution in [2.75, 3.05) is 19.7 Å². The molecule has 0 N–H and O–H groups in total. The number of nitriles is 1. The first-order valence-electron chi connectivity index (χ1n) is 5.36. The van der Waals surface area contributed by atoms with Crippen LogP contribution in [0.25, 0.3) is 0 Å². The Hall–Kier alpha value is -0.960. The molecule has 0 radical (unpaired) electrons. The largest absolute Gasteiger partial charge is 0.361 e. The van der Waals surface area contributed by atoms with Crippen LogP contribution < -0.4 is 0 Å². The highest BCUT2D eigenvalue weighted by atomic mass is 79.9. The molecular weight excluding hydrogens is 287 g/mol. The number of halogens is 2. The van der Waals surface area contributed by atoms with Gasteiger partial charge < -0.3 is 4.74 Å². The van der Waals surface area contributed by atoms with Crippen molar-refractivity contribution >= 4 is 15.9 Å². The van der Waals surface area contributed by atoms with E-state index in [0.29, 0.717) is 24.2 Å². The summed E-state index contributed by atoms with van der Waals surface area (Å²) in [6, 6.07) is 7.08. The molecule has 1 fully saturated rings. The van der Waals surface area contributed by atoms with Crippen LogP contribution in [0.15, 0.2) is 22.7 Å². The van der Waals surface area contributed by atoms with Crippen molar-refractivity contribution in [3.05, 3.63) is 34.1 Å². The van der Waals surface area contributed by atoms with Crippen LogP contribution in [0.4, 0.5) is 4.39 Å². The monoisotopic (exact) mass is 298 g/mol. The lowest BCUT2D eigenvalue weighted by Crippen LogP contribution is -2.41. The van der Waals surface area contributed by atoms with Gasteiger partial charge in [0.15, 0.2) is 6.10 Å². The normalized spacial score (nSPS) is 21.1. The van der Waals surface area contributed by atoms with Crippen LogP contribution in [0.5, 0.6) is 0 Å². The van der Waals surface area contributed by atoms with Crippen LogP contribution in [0.2, 0.25) is 0 Å². The molecule has 1 aromatic carbocycles. The van der Waals surface area contributed by atoms with Crippen LogP contribution >= 0.6 is 15.9 Å². The third kappa shape index (κ3) is 3.25. The maximum atomic E-state index is 13.1. The molecule has 1 aliphatic rings. The van der Waals surface area contributed by atoms with Gasteiger partial charge in [-0.1, -0.05) is 6.07 Å². The lowest BCUT2D eigenvalue weighted by Gasteiger charge is -2.29. The summed E-state index contributed by atoms with van der Waals surface area (Å²) in [4.78, 5) is 2.14. The molecule has 17 heavy (non-hydrogen) atoms. The zero-order valence-corrected chi connectivity index (χ0v) is 10.8. The fourth-order valence-electron chi connectivity index (χ4n) is 1.82. The molecule has 0 spiro atoms. The Morgan fingerprint density at radius 3 is 3.12 bits per heavy atom. The van der Waals surface area contributed by atoms with Crippen molar-refractivity contribution < 1.29 is 9.13 Å². The molecule has 2 rings (SSSR count). The highest BCUT2D eigenvalue weighted by Crippen LogP contribution is 2.18. The second kappa shape index (κ2) is 5.58. The van der Waals surface area contributed by atoms with Gasteiger partial charge in [-0.15, -0.1) is 0 Å². The summed E-state index contributed by atoms with van der Waals surface area (Å²) >= 11 is 3.17. The standard InChI is InChI=1S/C12H12BrFN2O/c13-11-5-9(1-2-12(11)14)7-16-3-4-17-10(6-15)8-16/h1-2,5,10H,3-4,7-8H2. The van der Waals surface area contributed by atoms with E-state index in [1.165, 1.54) is 6.07 Å². The van der Waals surface area contributed by atoms with Crippen LogP contribution in [0.3, 0.4) is 0 Å². The molecule has 0 aromatic heterocycles. The van der Waals surface area contributed by atoms with E-state index in [-0.39, 0.29) is 11.9 Å². The Morgan fingerprint density at radius 1 is 1.59 bits per heavy atom. The number of nitrogens with zero attached hydrogens (tertiary/aromatic N) is 2. The first-order chi connectivity index (χ1) is 8.19. The van der Waals surface area contributed by atoms with Gasteiger partial charge in [-0.25, -0.2) is 4.39 Å². The lowest BCUT2D eigenvalue weighted by molar-refractivity contribution is -0.00270. The third-order valence-electron chi connectivity index (χ3n) is 2.68. The first kappa shape index (κ1) is 12.5. The van der Waals surface area contributed by atoms with E-state index in [4.69, 9.17) is 10.00 Å². The van der Waals surface area contributed by atoms with E-state index in [0.717, 1.165) is 12.1 Å². The first-order valence-corrected chi connectivity index (χ1v) is 6.16. The summed E-state index contributed by atoms with van der Waals surface area (Å²) in [5, 5.41) is 8.80. The minimum atomic E-state index is -0.354. The molecule has 3 nitrogen and oxygen atoms in total. The molecule has 90 valence electrons. The summed E-state index contributed by atoms with van der Waals surface area (Å²) < 4.78 is 18.8. The molecule has 5 heteroatoms. The summed E-state index contributed by atoms with van der Waals surface area (Å²) in [6.45, 7) is 2.68. The predicted octanol–water partition coefficient (Wildman–Crippen LogP) is 2.31. The fourth-order valence-corrected chi connectivity index (χ4v) is 2.25. The van der Waals surface area contributed by atoms with E-state index in [9.17, 15) is 4.39 Å². The Balaban J connectivity index is 2.00. The van der Waals surface area contributed by atoms with Crippen molar-refractivity contribution in [1.29, 1.82) is 5.26 Å². The van der Waals surface area contributed by atoms with Crippen LogP contribution in [0, 0.1) is 17.1 Å². The quantitative estimate of drug-likeness (QED) is 0.841. The highest BCUT2D eigenvalue weighted by molar-refractivity contribution is 9.10. The zero-order chi connectivity index (χ0) is 12.3. The summed E-state index contributed by atoms with van der Waals surface area (Å²) in [7, 11) is 0. The Labute approximate surface area is 108 Å². The number of hydrogen-bond donors (Lipinski definition) is 0. The van der Waals surface area contributed by atoms with Gasteiger partial charge >= 0.3 is 0 Å². The molecule has 1 aliphatic heterocycles. The van der Waals surface area contributed by atoms with Gasteiger partial charge in [0.2, 0.25) is 0 Å². The van der Waals surface area contributed by atoms with E-state index in [1.807, 2.05) is 0 Å². The van der Waals surface area contributed by atoms with Gasteiger partial charge in [0, 0.05) is 19.6 Å². The van der Waals surface area contributed by atoms with Gasteiger partial charge in [0.1, 0.15) is 5.82 Å². The summed E-state index contributed by atoms with van der Waals surface area (Å²) in [5.41, 5.74) is 1.02. The SMILES string of the molecule is N#CC1CN(Cc2ccc(F)c(Br)c2)CCO1. The van der Waals surface area contributed by atoms with Crippen LogP contribution in [-0.2, 0) is 11.3 Å². The minimum Gasteiger partial charge on any atom is -0.361 e.